The van der Waals surface area contributed by atoms with Crippen molar-refractivity contribution in [3.05, 3.63) is 22.4 Å². The van der Waals surface area contributed by atoms with Gasteiger partial charge >= 0.3 is 0 Å². The van der Waals surface area contributed by atoms with Crippen LogP contribution in [0.2, 0.25) is 0 Å². The van der Waals surface area contributed by atoms with Crippen molar-refractivity contribution in [2.24, 2.45) is 0 Å². The molecule has 14 heavy (non-hydrogen) atoms. The van der Waals surface area contributed by atoms with Crippen molar-refractivity contribution in [2.45, 2.75) is 38.0 Å². The summed E-state index contributed by atoms with van der Waals surface area (Å²) in [6.45, 7) is 0.964. The van der Waals surface area contributed by atoms with Gasteiger partial charge in [0, 0.05) is 12.6 Å². The van der Waals surface area contributed by atoms with Crippen molar-refractivity contribution >= 4 is 11.3 Å². The van der Waals surface area contributed by atoms with Gasteiger partial charge in [-0.15, -0.1) is 0 Å². The predicted octanol–water partition coefficient (Wildman–Crippen LogP) is 2.09. The molecule has 1 aliphatic carbocycles. The van der Waals surface area contributed by atoms with Crippen LogP contribution >= 0.6 is 11.3 Å². The van der Waals surface area contributed by atoms with Crippen LogP contribution in [0.15, 0.2) is 16.8 Å². The molecule has 1 N–H and O–H groups in total. The van der Waals surface area contributed by atoms with Gasteiger partial charge in [0.15, 0.2) is 0 Å². The van der Waals surface area contributed by atoms with Gasteiger partial charge in [-0.3, -0.25) is 4.90 Å². The Bertz CT molecular complexity index is 273. The number of nitrogens with zero attached hydrogens (tertiary/aromatic N) is 1. The zero-order valence-electron chi connectivity index (χ0n) is 8.52. The molecule has 0 radical (unpaired) electrons. The van der Waals surface area contributed by atoms with Crippen LogP contribution in [0.25, 0.3) is 0 Å². The van der Waals surface area contributed by atoms with Gasteiger partial charge in [0.1, 0.15) is 0 Å². The second-order valence-electron chi connectivity index (χ2n) is 4.11. The maximum absolute atomic E-state index is 9.75. The van der Waals surface area contributed by atoms with E-state index in [4.69, 9.17) is 0 Å². The summed E-state index contributed by atoms with van der Waals surface area (Å²) in [5, 5.41) is 14.0. The molecule has 3 heteroatoms. The molecular formula is C11H17NOS. The fraction of sp³-hybridized carbons (Fsp3) is 0.636. The molecule has 2 rings (SSSR count). The van der Waals surface area contributed by atoms with E-state index in [1.54, 1.807) is 11.3 Å². The van der Waals surface area contributed by atoms with E-state index in [2.05, 4.69) is 28.8 Å². The standard InChI is InChI=1S/C11H17NOS/c1-12(7-9-5-6-14-8-9)10-3-2-4-11(10)13/h5-6,8,10-11,13H,2-4,7H2,1H3/t10-,11-/m0/s1. The van der Waals surface area contributed by atoms with E-state index in [0.29, 0.717) is 6.04 Å². The zero-order chi connectivity index (χ0) is 9.97. The molecule has 0 bridgehead atoms. The lowest BCUT2D eigenvalue weighted by molar-refractivity contribution is 0.0825. The highest BCUT2D eigenvalue weighted by molar-refractivity contribution is 7.07. The summed E-state index contributed by atoms with van der Waals surface area (Å²) in [7, 11) is 2.11. The first-order chi connectivity index (χ1) is 6.77. The van der Waals surface area contributed by atoms with Crippen molar-refractivity contribution in [3.8, 4) is 0 Å². The van der Waals surface area contributed by atoms with Crippen molar-refractivity contribution in [1.29, 1.82) is 0 Å². The Morgan fingerprint density at radius 2 is 2.43 bits per heavy atom. The summed E-state index contributed by atoms with van der Waals surface area (Å²) in [4.78, 5) is 2.28. The Hall–Kier alpha value is -0.380. The largest absolute Gasteiger partial charge is 0.391 e. The molecule has 1 fully saturated rings. The summed E-state index contributed by atoms with van der Waals surface area (Å²) in [5.74, 6) is 0. The van der Waals surface area contributed by atoms with Crippen LogP contribution in [-0.2, 0) is 6.54 Å². The van der Waals surface area contributed by atoms with Gasteiger partial charge in [0.25, 0.3) is 0 Å². The molecule has 1 aromatic heterocycles. The molecule has 0 unspecified atom stereocenters. The van der Waals surface area contributed by atoms with Crippen molar-refractivity contribution < 1.29 is 5.11 Å². The number of aliphatic hydroxyl groups is 1. The second-order valence-corrected chi connectivity index (χ2v) is 4.89. The first-order valence-corrected chi connectivity index (χ1v) is 6.11. The van der Waals surface area contributed by atoms with Gasteiger partial charge in [0.05, 0.1) is 6.10 Å². The Balaban J connectivity index is 1.92. The molecule has 2 atom stereocenters. The van der Waals surface area contributed by atoms with Crippen molar-refractivity contribution in [1.82, 2.24) is 4.90 Å². The van der Waals surface area contributed by atoms with E-state index in [9.17, 15) is 5.11 Å². The van der Waals surface area contributed by atoms with E-state index in [1.165, 1.54) is 12.0 Å². The average molecular weight is 211 g/mol. The minimum atomic E-state index is -0.112. The molecular weight excluding hydrogens is 194 g/mol. The maximum Gasteiger partial charge on any atom is 0.0695 e. The molecule has 1 heterocycles. The van der Waals surface area contributed by atoms with Crippen LogP contribution in [0.5, 0.6) is 0 Å². The fourth-order valence-electron chi connectivity index (χ4n) is 2.22. The Labute approximate surface area is 89.2 Å². The minimum absolute atomic E-state index is 0.112. The van der Waals surface area contributed by atoms with Crippen LogP contribution in [0.1, 0.15) is 24.8 Å². The molecule has 1 saturated carbocycles. The first kappa shape index (κ1) is 10.1. The summed E-state index contributed by atoms with van der Waals surface area (Å²) in [6, 6.07) is 2.53. The third kappa shape index (κ3) is 2.16. The van der Waals surface area contributed by atoms with Crippen molar-refractivity contribution in [2.75, 3.05) is 7.05 Å². The number of thiophene rings is 1. The lowest BCUT2D eigenvalue weighted by Gasteiger charge is -2.26. The molecule has 0 aliphatic heterocycles. The smallest absolute Gasteiger partial charge is 0.0695 e. The highest BCUT2D eigenvalue weighted by Crippen LogP contribution is 2.24. The van der Waals surface area contributed by atoms with E-state index < -0.39 is 0 Å². The predicted molar refractivity (Wildman–Crippen MR) is 59.4 cm³/mol. The summed E-state index contributed by atoms with van der Waals surface area (Å²) >= 11 is 1.74. The Kier molecular flexibility index (Phi) is 3.21. The molecule has 1 aliphatic rings. The molecule has 0 spiro atoms. The third-order valence-electron chi connectivity index (χ3n) is 3.02. The van der Waals surface area contributed by atoms with Gasteiger partial charge in [-0.05, 0) is 48.7 Å². The highest BCUT2D eigenvalue weighted by Gasteiger charge is 2.28. The quantitative estimate of drug-likeness (QED) is 0.827. The second kappa shape index (κ2) is 4.43. The topological polar surface area (TPSA) is 23.5 Å². The lowest BCUT2D eigenvalue weighted by Crippen LogP contribution is -2.36. The van der Waals surface area contributed by atoms with E-state index in [1.807, 2.05) is 0 Å². The number of likely N-dealkylation sites (N-methyl/N-ethyl adjacent to an activating group) is 1. The molecule has 0 aromatic carbocycles. The van der Waals surface area contributed by atoms with Crippen LogP contribution < -0.4 is 0 Å². The van der Waals surface area contributed by atoms with Gasteiger partial charge < -0.3 is 5.11 Å². The van der Waals surface area contributed by atoms with Gasteiger partial charge in [-0.25, -0.2) is 0 Å². The van der Waals surface area contributed by atoms with Crippen LogP contribution in [0.4, 0.5) is 0 Å². The summed E-state index contributed by atoms with van der Waals surface area (Å²) in [6.07, 6.45) is 3.17. The van der Waals surface area contributed by atoms with Gasteiger partial charge in [-0.1, -0.05) is 0 Å². The third-order valence-corrected chi connectivity index (χ3v) is 3.75. The normalized spacial score (nSPS) is 27.4. The SMILES string of the molecule is CN(Cc1ccsc1)[C@H]1CCC[C@@H]1O. The van der Waals surface area contributed by atoms with Crippen LogP contribution in [0.3, 0.4) is 0 Å². The number of hydrogen-bond donors (Lipinski definition) is 1. The highest BCUT2D eigenvalue weighted by atomic mass is 32.1. The molecule has 2 nitrogen and oxygen atoms in total. The van der Waals surface area contributed by atoms with Crippen molar-refractivity contribution in [3.63, 3.8) is 0 Å². The molecule has 0 amide bonds. The summed E-state index contributed by atoms with van der Waals surface area (Å²) < 4.78 is 0. The number of rotatable bonds is 3. The number of aliphatic hydroxyl groups excluding tert-OH is 1. The maximum atomic E-state index is 9.75. The first-order valence-electron chi connectivity index (χ1n) is 5.17. The Morgan fingerprint density at radius 3 is 3.00 bits per heavy atom. The van der Waals surface area contributed by atoms with E-state index in [-0.39, 0.29) is 6.10 Å². The minimum Gasteiger partial charge on any atom is -0.391 e. The van der Waals surface area contributed by atoms with Gasteiger partial charge in [0.2, 0.25) is 0 Å². The van der Waals surface area contributed by atoms with E-state index >= 15 is 0 Å². The van der Waals surface area contributed by atoms with Gasteiger partial charge in [-0.2, -0.15) is 11.3 Å². The zero-order valence-corrected chi connectivity index (χ0v) is 9.33. The molecule has 0 saturated heterocycles. The Morgan fingerprint density at radius 1 is 1.57 bits per heavy atom. The molecule has 78 valence electrons. The molecule has 1 aromatic rings. The summed E-state index contributed by atoms with van der Waals surface area (Å²) in [5.41, 5.74) is 1.36. The fourth-order valence-corrected chi connectivity index (χ4v) is 2.88. The lowest BCUT2D eigenvalue weighted by atomic mass is 10.2. The van der Waals surface area contributed by atoms with Crippen LogP contribution in [-0.4, -0.2) is 29.2 Å². The van der Waals surface area contributed by atoms with E-state index in [0.717, 1.165) is 19.4 Å². The average Bonchev–Trinajstić information content (AvgIpc) is 2.75. The monoisotopic (exact) mass is 211 g/mol. The van der Waals surface area contributed by atoms with Crippen LogP contribution in [0, 0.1) is 0 Å². The number of hydrogen-bond acceptors (Lipinski definition) is 3.